The highest BCUT2D eigenvalue weighted by Gasteiger charge is 2.29. The first kappa shape index (κ1) is 76.9. The van der Waals surface area contributed by atoms with Gasteiger partial charge in [0.05, 0.1) is 70.0 Å². The second kappa shape index (κ2) is 31.8. The molecule has 21 heteroatoms. The molecular formula is C86H94N8O13. The topological polar surface area (TPSA) is 354 Å². The summed E-state index contributed by atoms with van der Waals surface area (Å²) in [6, 6.07) is 30.0. The maximum Gasteiger partial charge on any atom is 0.303 e. The van der Waals surface area contributed by atoms with Gasteiger partial charge in [-0.05, 0) is 284 Å². The predicted molar refractivity (Wildman–Crippen MR) is 421 cm³/mol. The maximum absolute atomic E-state index is 12.2. The molecule has 0 amide bonds. The van der Waals surface area contributed by atoms with Gasteiger partial charge >= 0.3 is 23.9 Å². The number of aromatic hydroxyl groups is 2. The Labute approximate surface area is 620 Å². The van der Waals surface area contributed by atoms with Crippen LogP contribution >= 0.6 is 0 Å². The summed E-state index contributed by atoms with van der Waals surface area (Å²) in [7, 11) is 0. The van der Waals surface area contributed by atoms with Crippen molar-refractivity contribution in [2.75, 3.05) is 0 Å². The number of fused-ring (bicyclic) bond motifs is 16. The van der Waals surface area contributed by atoms with Crippen LogP contribution in [0, 0.1) is 27.7 Å². The number of hydrogen-bond donors (Lipinski definition) is 12. The lowest BCUT2D eigenvalue weighted by Gasteiger charge is -2.20. The molecule has 4 aliphatic heterocycles. The van der Waals surface area contributed by atoms with Crippen molar-refractivity contribution in [3.05, 3.63) is 198 Å². The molecule has 107 heavy (non-hydrogen) atoms. The molecule has 4 unspecified atom stereocenters. The molecule has 4 atom stereocenters. The lowest BCUT2D eigenvalue weighted by molar-refractivity contribution is -0.137. The summed E-state index contributed by atoms with van der Waals surface area (Å²) in [6.45, 7) is 27.2. The van der Waals surface area contributed by atoms with E-state index in [9.17, 15) is 60.0 Å². The van der Waals surface area contributed by atoms with Gasteiger partial charge in [-0.15, -0.1) is 0 Å². The van der Waals surface area contributed by atoms with Crippen LogP contribution in [0.3, 0.4) is 0 Å². The Kier molecular flexibility index (Phi) is 22.9. The van der Waals surface area contributed by atoms with Gasteiger partial charge in [0.25, 0.3) is 0 Å². The van der Waals surface area contributed by atoms with E-state index in [0.717, 1.165) is 107 Å². The number of rotatable bonds is 22. The number of phenolic OH excluding ortho intramolecular Hbond substituents is 2. The number of carbonyl (C=O) groups is 4. The van der Waals surface area contributed by atoms with Crippen LogP contribution in [-0.2, 0) is 30.3 Å². The van der Waals surface area contributed by atoms with Crippen molar-refractivity contribution in [2.45, 2.75) is 186 Å². The van der Waals surface area contributed by atoms with Gasteiger partial charge in [-0.2, -0.15) is 0 Å². The molecule has 0 radical (unpaired) electrons. The third kappa shape index (κ3) is 16.1. The number of phenols is 2. The molecule has 0 saturated heterocycles. The number of aliphatic hydroxyl groups is 2. The maximum atomic E-state index is 12.2. The van der Waals surface area contributed by atoms with E-state index in [2.05, 4.69) is 33.8 Å². The number of aryl methyl sites for hydroxylation is 5. The van der Waals surface area contributed by atoms with Crippen molar-refractivity contribution in [2.24, 2.45) is 0 Å². The quantitative estimate of drug-likeness (QED) is 0.0280. The summed E-state index contributed by atoms with van der Waals surface area (Å²) in [5.41, 5.74) is 27.3. The third-order valence-electron chi connectivity index (χ3n) is 21.2. The molecule has 0 spiro atoms. The average molecular weight is 1450 g/mol. The average Bonchev–Trinajstić information content (AvgIpc) is 1.62. The number of allylic oxidation sites excluding steroid dienone is 9. The number of ether oxygens (including phenoxy) is 1. The van der Waals surface area contributed by atoms with E-state index in [1.807, 2.05) is 142 Å². The van der Waals surface area contributed by atoms with E-state index in [0.29, 0.717) is 95.3 Å². The summed E-state index contributed by atoms with van der Waals surface area (Å²) >= 11 is 0. The van der Waals surface area contributed by atoms with Crippen molar-refractivity contribution < 1.29 is 64.8 Å². The standard InChI is InChI=1S/C68H74N8O11.C18H20O2/c1-29-41(13-17-61(79)80)53-28-56-44(16-20-64(85)86)32(4)48(72-56)24-59-68(36(8)52(76-59)25-58-65(37(9)77)33(5)49(73-58)21-45(29)69-53)40(12)87-39(11)67-35(7)50-22-46-30(2)42(14-18-62(81)82)54(70-46)27-55-43(15-19-63(83)84)31(3)47(71-55)23-57-66(38(10)78)34(6)51(74-57)26-60(67)75-50;1-3-17(13-5-9-15(19)10-6-13)18(4-2)14-7-11-16(20)12-8-14/h21-28,37-40,72,74-78H,13-20H2,1-12H3,(H,79,80)(H,81,82)(H,83,84)(H,85,86);5-12,19-20H,3-4H2,1-2H3/b;18-17+. The zero-order valence-corrected chi connectivity index (χ0v) is 63.0. The largest absolute Gasteiger partial charge is 0.508 e. The monoisotopic (exact) mass is 1450 g/mol. The molecule has 8 aromatic rings. The normalized spacial score (nSPS) is 14.4. The van der Waals surface area contributed by atoms with Crippen LogP contribution in [-0.4, -0.2) is 111 Å². The molecule has 6 aromatic heterocycles. The Bertz CT molecular complexity index is 5400. The minimum absolute atomic E-state index is 0.129. The molecule has 0 saturated carbocycles. The van der Waals surface area contributed by atoms with Gasteiger partial charge in [-0.3, -0.25) is 19.2 Å². The zero-order valence-electron chi connectivity index (χ0n) is 63.0. The number of aliphatic carboxylic acids is 4. The second-order valence-electron chi connectivity index (χ2n) is 28.2. The lowest BCUT2D eigenvalue weighted by atomic mass is 9.91. The Morgan fingerprint density at radius 3 is 1.10 bits per heavy atom. The van der Waals surface area contributed by atoms with E-state index >= 15 is 0 Å². The fourth-order valence-electron chi connectivity index (χ4n) is 15.6. The molecule has 0 aliphatic carbocycles. The molecule has 0 fully saturated rings. The number of carboxylic acids is 4. The number of hydrogen-bond acceptors (Lipinski definition) is 13. The summed E-state index contributed by atoms with van der Waals surface area (Å²) in [4.78, 5) is 83.1. The van der Waals surface area contributed by atoms with Crippen LogP contribution < -0.4 is 0 Å². The van der Waals surface area contributed by atoms with Crippen LogP contribution in [0.2, 0.25) is 0 Å². The highest BCUT2D eigenvalue weighted by atomic mass is 16.5. The number of H-pyrrole nitrogens is 4. The van der Waals surface area contributed by atoms with Crippen molar-refractivity contribution in [3.8, 4) is 11.5 Å². The second-order valence-corrected chi connectivity index (χ2v) is 28.2. The summed E-state index contributed by atoms with van der Waals surface area (Å²) < 4.78 is 7.28. The smallest absolute Gasteiger partial charge is 0.303 e. The van der Waals surface area contributed by atoms with Crippen LogP contribution in [0.1, 0.15) is 247 Å². The highest BCUT2D eigenvalue weighted by Crippen LogP contribution is 2.44. The van der Waals surface area contributed by atoms with E-state index in [1.54, 1.807) is 38.1 Å². The zero-order chi connectivity index (χ0) is 77.3. The SMILES string of the molecule is CC/C(=C(/CC)c1ccc(O)cc1)c1ccc(O)cc1.CC1=C(CCC(=O)O)c2cc3nc(cc4[nH]c(cc5[nH]c(cc1n2)c(C)c5C(C)OC(C)c1c(C)c2cc5nc(cc6nc(cc7[nH]c(cc1[nH]2)c(C)c7CCC(=O)O)C(CCC(=O)O)=C6C)C(C)=C5C(C)O)c(C)c4C(C)O)C(C)=C3CCC(=O)O. The molecule has 556 valence electrons. The van der Waals surface area contributed by atoms with Gasteiger partial charge in [0.15, 0.2) is 0 Å². The summed E-state index contributed by atoms with van der Waals surface area (Å²) in [5.74, 6) is -3.26. The molecule has 12 N–H and O–H groups in total. The molecular weight excluding hydrogens is 1350 g/mol. The van der Waals surface area contributed by atoms with Gasteiger partial charge in [-0.1, -0.05) is 38.1 Å². The van der Waals surface area contributed by atoms with Crippen molar-refractivity contribution >= 4 is 124 Å². The fraction of sp³-hybridized carbons (Fsp3) is 0.326. The number of aromatic nitrogens is 8. The van der Waals surface area contributed by atoms with Gasteiger partial charge in [0.1, 0.15) is 11.5 Å². The van der Waals surface area contributed by atoms with Gasteiger partial charge in [0, 0.05) is 92.1 Å². The number of aromatic amines is 4. The summed E-state index contributed by atoms with van der Waals surface area (Å²) in [6.07, 6.45) is -0.873. The first-order valence-corrected chi connectivity index (χ1v) is 36.4. The predicted octanol–water partition coefficient (Wildman–Crippen LogP) is 18.6. The fourth-order valence-corrected chi connectivity index (χ4v) is 15.6. The number of nitrogens with zero attached hydrogens (tertiary/aromatic N) is 4. The Hall–Kier alpha value is -11.3. The van der Waals surface area contributed by atoms with E-state index in [-0.39, 0.29) is 62.9 Å². The number of aliphatic hydroxyl groups excluding tert-OH is 2. The molecule has 16 bridgehead atoms. The first-order chi connectivity index (χ1) is 50.8. The van der Waals surface area contributed by atoms with Gasteiger partial charge < -0.3 is 65.5 Å². The van der Waals surface area contributed by atoms with Gasteiger partial charge in [0.2, 0.25) is 0 Å². The minimum Gasteiger partial charge on any atom is -0.508 e. The van der Waals surface area contributed by atoms with Crippen LogP contribution in [0.5, 0.6) is 11.5 Å². The minimum atomic E-state index is -0.962. The number of nitrogens with one attached hydrogen (secondary N) is 4. The van der Waals surface area contributed by atoms with Crippen molar-refractivity contribution in [1.29, 1.82) is 0 Å². The molecule has 2 aromatic carbocycles. The molecule has 10 heterocycles. The van der Waals surface area contributed by atoms with Gasteiger partial charge in [-0.25, -0.2) is 19.9 Å². The third-order valence-corrected chi connectivity index (χ3v) is 21.2. The molecule has 4 aliphatic rings. The summed E-state index contributed by atoms with van der Waals surface area (Å²) in [5, 5.41) is 81.0. The Balaban J connectivity index is 0.000000492. The number of benzene rings is 2. The van der Waals surface area contributed by atoms with Crippen LogP contribution in [0.25, 0.3) is 99.9 Å². The number of carboxylic acid groups (broad SMARTS) is 4. The highest BCUT2D eigenvalue weighted by molar-refractivity contribution is 5.99. The lowest BCUT2D eigenvalue weighted by Crippen LogP contribution is -2.06. The molecule has 12 rings (SSSR count). The van der Waals surface area contributed by atoms with Crippen LogP contribution in [0.15, 0.2) is 97.1 Å². The van der Waals surface area contributed by atoms with Crippen molar-refractivity contribution in [1.82, 2.24) is 39.9 Å². The Morgan fingerprint density at radius 2 is 0.692 bits per heavy atom. The first-order valence-electron chi connectivity index (χ1n) is 36.4. The van der Waals surface area contributed by atoms with Crippen LogP contribution in [0.4, 0.5) is 0 Å². The van der Waals surface area contributed by atoms with Crippen molar-refractivity contribution in [3.63, 3.8) is 0 Å². The van der Waals surface area contributed by atoms with E-state index in [4.69, 9.17) is 24.7 Å². The van der Waals surface area contributed by atoms with E-state index < -0.39 is 48.3 Å². The van der Waals surface area contributed by atoms with E-state index in [1.165, 1.54) is 11.1 Å². The molecule has 21 nitrogen and oxygen atoms in total. The Morgan fingerprint density at radius 1 is 0.374 bits per heavy atom.